The minimum absolute atomic E-state index is 0.00262. The van der Waals surface area contributed by atoms with Gasteiger partial charge >= 0.3 is 5.97 Å². The van der Waals surface area contributed by atoms with Gasteiger partial charge in [0.15, 0.2) is 23.4 Å². The highest BCUT2D eigenvalue weighted by atomic mass is 16.6. The molecule has 7 heteroatoms. The molecule has 0 fully saturated rings. The van der Waals surface area contributed by atoms with Crippen molar-refractivity contribution < 1.29 is 28.6 Å². The molecule has 27 heavy (non-hydrogen) atoms. The Morgan fingerprint density at radius 3 is 2.48 bits per heavy atom. The molecule has 1 amide bonds. The van der Waals surface area contributed by atoms with Gasteiger partial charge in [0, 0.05) is 5.56 Å². The SMILES string of the molecule is CC(=O)c1ccccc1NC(=O)[C@H](C)OC(=O)[C@@H]1COc2ccccc2O1. The summed E-state index contributed by atoms with van der Waals surface area (Å²) < 4.78 is 16.2. The quantitative estimate of drug-likeness (QED) is 0.643. The van der Waals surface area contributed by atoms with Gasteiger partial charge in [0.25, 0.3) is 5.91 Å². The largest absolute Gasteiger partial charge is 0.485 e. The Bertz CT molecular complexity index is 878. The van der Waals surface area contributed by atoms with Crippen LogP contribution in [0.15, 0.2) is 48.5 Å². The zero-order valence-corrected chi connectivity index (χ0v) is 14.9. The lowest BCUT2D eigenvalue weighted by Gasteiger charge is -2.26. The van der Waals surface area contributed by atoms with E-state index in [-0.39, 0.29) is 12.4 Å². The summed E-state index contributed by atoms with van der Waals surface area (Å²) in [7, 11) is 0. The van der Waals surface area contributed by atoms with Crippen LogP contribution in [-0.4, -0.2) is 36.5 Å². The number of fused-ring (bicyclic) bond motifs is 1. The number of para-hydroxylation sites is 3. The molecule has 0 unspecified atom stereocenters. The third-order valence-corrected chi connectivity index (χ3v) is 4.00. The van der Waals surface area contributed by atoms with Gasteiger partial charge in [-0.3, -0.25) is 9.59 Å². The van der Waals surface area contributed by atoms with Gasteiger partial charge in [0.2, 0.25) is 6.10 Å². The summed E-state index contributed by atoms with van der Waals surface area (Å²) in [5, 5.41) is 2.61. The van der Waals surface area contributed by atoms with Crippen molar-refractivity contribution >= 4 is 23.3 Å². The van der Waals surface area contributed by atoms with Crippen LogP contribution < -0.4 is 14.8 Å². The maximum absolute atomic E-state index is 12.3. The molecule has 7 nitrogen and oxygen atoms in total. The Kier molecular flexibility index (Phi) is 5.40. The molecular formula is C20H19NO6. The van der Waals surface area contributed by atoms with Crippen molar-refractivity contribution in [2.75, 3.05) is 11.9 Å². The molecule has 3 rings (SSSR count). The summed E-state index contributed by atoms with van der Waals surface area (Å²) in [4.78, 5) is 36.3. The molecule has 0 spiro atoms. The van der Waals surface area contributed by atoms with Crippen molar-refractivity contribution in [2.24, 2.45) is 0 Å². The monoisotopic (exact) mass is 369 g/mol. The minimum Gasteiger partial charge on any atom is -0.485 e. The third kappa shape index (κ3) is 4.25. The molecular weight excluding hydrogens is 350 g/mol. The van der Waals surface area contributed by atoms with E-state index in [0.717, 1.165) is 0 Å². The van der Waals surface area contributed by atoms with Crippen molar-refractivity contribution in [2.45, 2.75) is 26.1 Å². The van der Waals surface area contributed by atoms with Crippen LogP contribution in [0.5, 0.6) is 11.5 Å². The Hall–Kier alpha value is -3.35. The van der Waals surface area contributed by atoms with E-state index in [1.54, 1.807) is 48.5 Å². The van der Waals surface area contributed by atoms with Gasteiger partial charge in [-0.05, 0) is 38.1 Å². The van der Waals surface area contributed by atoms with Crippen LogP contribution in [0.3, 0.4) is 0 Å². The number of esters is 1. The fourth-order valence-electron chi connectivity index (χ4n) is 2.57. The van der Waals surface area contributed by atoms with Crippen LogP contribution in [0.2, 0.25) is 0 Å². The molecule has 1 aliphatic heterocycles. The van der Waals surface area contributed by atoms with Crippen LogP contribution in [0.4, 0.5) is 5.69 Å². The van der Waals surface area contributed by atoms with Gasteiger partial charge in [-0.2, -0.15) is 0 Å². The van der Waals surface area contributed by atoms with Gasteiger partial charge < -0.3 is 19.5 Å². The van der Waals surface area contributed by atoms with Crippen LogP contribution in [0.25, 0.3) is 0 Å². The molecule has 140 valence electrons. The number of ether oxygens (including phenoxy) is 3. The van der Waals surface area contributed by atoms with Gasteiger partial charge in [0.05, 0.1) is 5.69 Å². The molecule has 2 aromatic carbocycles. The number of rotatable bonds is 5. The number of hydrogen-bond acceptors (Lipinski definition) is 6. The van der Waals surface area contributed by atoms with E-state index in [4.69, 9.17) is 14.2 Å². The van der Waals surface area contributed by atoms with E-state index >= 15 is 0 Å². The minimum atomic E-state index is -1.07. The molecule has 1 aliphatic rings. The standard InChI is InChI=1S/C20H19NO6/c1-12(22)14-7-3-4-8-15(14)21-19(23)13(2)26-20(24)18-11-25-16-9-5-6-10-17(16)27-18/h3-10,13,18H,11H2,1-2H3,(H,21,23)/t13-,18-/m0/s1. The maximum Gasteiger partial charge on any atom is 0.351 e. The first kappa shape index (κ1) is 18.4. The van der Waals surface area contributed by atoms with Crippen LogP contribution in [0, 0.1) is 0 Å². The Balaban J connectivity index is 1.60. The summed E-state index contributed by atoms with van der Waals surface area (Å²) in [5.74, 6) is -0.436. The number of carbonyl (C=O) groups is 3. The van der Waals surface area contributed by atoms with Crippen molar-refractivity contribution in [1.29, 1.82) is 0 Å². The summed E-state index contributed by atoms with van der Waals surface area (Å²) in [5.41, 5.74) is 0.745. The highest BCUT2D eigenvalue weighted by molar-refractivity contribution is 6.04. The van der Waals surface area contributed by atoms with E-state index in [1.165, 1.54) is 13.8 Å². The average molecular weight is 369 g/mol. The number of anilines is 1. The highest BCUT2D eigenvalue weighted by Gasteiger charge is 2.31. The smallest absolute Gasteiger partial charge is 0.351 e. The number of benzene rings is 2. The number of amides is 1. The van der Waals surface area contributed by atoms with E-state index in [9.17, 15) is 14.4 Å². The molecule has 0 aliphatic carbocycles. The van der Waals surface area contributed by atoms with Crippen molar-refractivity contribution in [3.63, 3.8) is 0 Å². The third-order valence-electron chi connectivity index (χ3n) is 4.00. The van der Waals surface area contributed by atoms with Crippen molar-refractivity contribution in [1.82, 2.24) is 0 Å². The summed E-state index contributed by atoms with van der Waals surface area (Å²) in [6, 6.07) is 13.6. The molecule has 1 N–H and O–H groups in total. The normalized spacial score (nSPS) is 16.1. The first-order valence-electron chi connectivity index (χ1n) is 8.45. The first-order chi connectivity index (χ1) is 13.0. The Morgan fingerprint density at radius 2 is 1.74 bits per heavy atom. The van der Waals surface area contributed by atoms with Gasteiger partial charge in [-0.1, -0.05) is 24.3 Å². The molecule has 0 saturated heterocycles. The molecule has 0 radical (unpaired) electrons. The number of Topliss-reactive ketones (excluding diaryl/α,β-unsaturated/α-hetero) is 1. The Labute approximate surface area is 156 Å². The average Bonchev–Trinajstić information content (AvgIpc) is 2.67. The lowest BCUT2D eigenvalue weighted by Crippen LogP contribution is -2.41. The lowest BCUT2D eigenvalue weighted by atomic mass is 10.1. The lowest BCUT2D eigenvalue weighted by molar-refractivity contribution is -0.162. The van der Waals surface area contributed by atoms with Gasteiger partial charge in [-0.15, -0.1) is 0 Å². The highest BCUT2D eigenvalue weighted by Crippen LogP contribution is 2.31. The Morgan fingerprint density at radius 1 is 1.07 bits per heavy atom. The molecule has 0 bridgehead atoms. The topological polar surface area (TPSA) is 90.9 Å². The maximum atomic E-state index is 12.3. The fourth-order valence-corrected chi connectivity index (χ4v) is 2.57. The molecule has 1 heterocycles. The second-order valence-electron chi connectivity index (χ2n) is 6.03. The zero-order chi connectivity index (χ0) is 19.4. The summed E-state index contributed by atoms with van der Waals surface area (Å²) in [6.07, 6.45) is -2.03. The van der Waals surface area contributed by atoms with Crippen molar-refractivity contribution in [3.05, 3.63) is 54.1 Å². The van der Waals surface area contributed by atoms with Crippen molar-refractivity contribution in [3.8, 4) is 11.5 Å². The predicted octanol–water partition coefficient (Wildman–Crippen LogP) is 2.60. The molecule has 0 aromatic heterocycles. The van der Waals surface area contributed by atoms with Gasteiger partial charge in [0.1, 0.15) is 6.61 Å². The van der Waals surface area contributed by atoms with Crippen LogP contribution in [0.1, 0.15) is 24.2 Å². The van der Waals surface area contributed by atoms with E-state index < -0.39 is 24.1 Å². The second-order valence-corrected chi connectivity index (χ2v) is 6.03. The second kappa shape index (κ2) is 7.90. The summed E-state index contributed by atoms with van der Waals surface area (Å²) in [6.45, 7) is 2.85. The van der Waals surface area contributed by atoms with E-state index in [2.05, 4.69) is 5.32 Å². The molecule has 2 atom stereocenters. The van der Waals surface area contributed by atoms with Gasteiger partial charge in [-0.25, -0.2) is 4.79 Å². The first-order valence-corrected chi connectivity index (χ1v) is 8.45. The number of hydrogen-bond donors (Lipinski definition) is 1. The van der Waals surface area contributed by atoms with Crippen LogP contribution in [-0.2, 0) is 14.3 Å². The van der Waals surface area contributed by atoms with E-state index in [0.29, 0.717) is 22.7 Å². The zero-order valence-electron chi connectivity index (χ0n) is 14.9. The summed E-state index contributed by atoms with van der Waals surface area (Å²) >= 11 is 0. The predicted molar refractivity (Wildman–Crippen MR) is 97.0 cm³/mol. The number of ketones is 1. The molecule has 2 aromatic rings. The number of carbonyl (C=O) groups excluding carboxylic acids is 3. The van der Waals surface area contributed by atoms with E-state index in [1.807, 2.05) is 0 Å². The van der Waals surface area contributed by atoms with Crippen LogP contribution >= 0.6 is 0 Å². The number of nitrogens with one attached hydrogen (secondary N) is 1. The molecule has 0 saturated carbocycles. The fraction of sp³-hybridized carbons (Fsp3) is 0.250.